The maximum atomic E-state index is 13.5. The van der Waals surface area contributed by atoms with Crippen LogP contribution in [0.5, 0.6) is 5.75 Å². The number of fused-ring (bicyclic) bond motifs is 1. The Kier molecular flexibility index (Phi) is 5.88. The van der Waals surface area contributed by atoms with Gasteiger partial charge in [-0.25, -0.2) is 0 Å². The van der Waals surface area contributed by atoms with Gasteiger partial charge in [0.05, 0.1) is 17.7 Å². The number of H-pyrrole nitrogens is 1. The number of nitrogens with one attached hydrogen (secondary N) is 1. The third kappa shape index (κ3) is 4.37. The van der Waals surface area contributed by atoms with E-state index in [2.05, 4.69) is 4.98 Å². The second-order valence-corrected chi connectivity index (χ2v) is 8.14. The van der Waals surface area contributed by atoms with Crippen molar-refractivity contribution in [2.45, 2.75) is 31.4 Å². The normalized spacial score (nSPS) is 15.5. The topological polar surface area (TPSA) is 45.3 Å². The lowest BCUT2D eigenvalue weighted by Gasteiger charge is -2.22. The van der Waals surface area contributed by atoms with Gasteiger partial charge in [-0.1, -0.05) is 17.7 Å². The van der Waals surface area contributed by atoms with Crippen LogP contribution in [0.2, 0.25) is 5.02 Å². The summed E-state index contributed by atoms with van der Waals surface area (Å²) < 4.78 is 45.9. The molecule has 0 radical (unpaired) electrons. The third-order valence-electron chi connectivity index (χ3n) is 5.83. The minimum absolute atomic E-state index is 0.0664. The van der Waals surface area contributed by atoms with Gasteiger partial charge in [0.2, 0.25) is 5.91 Å². The fourth-order valence-electron chi connectivity index (χ4n) is 4.19. The van der Waals surface area contributed by atoms with Gasteiger partial charge in [-0.2, -0.15) is 13.2 Å². The van der Waals surface area contributed by atoms with Gasteiger partial charge in [0.25, 0.3) is 0 Å². The van der Waals surface area contributed by atoms with Crippen LogP contribution < -0.4 is 4.74 Å². The predicted molar refractivity (Wildman–Crippen MR) is 114 cm³/mol. The highest BCUT2D eigenvalue weighted by Gasteiger charge is 2.35. The summed E-state index contributed by atoms with van der Waals surface area (Å²) in [4.78, 5) is 17.9. The number of aromatic amines is 1. The number of rotatable bonds is 5. The highest BCUT2D eigenvalue weighted by molar-refractivity contribution is 6.31. The van der Waals surface area contributed by atoms with Gasteiger partial charge in [-0.3, -0.25) is 4.79 Å². The minimum atomic E-state index is -4.58. The number of alkyl halides is 3. The number of carbonyl (C=O) groups excluding carboxylic acids is 1. The Bertz CT molecular complexity index is 1100. The third-order valence-corrected chi connectivity index (χ3v) is 6.16. The zero-order valence-electron chi connectivity index (χ0n) is 16.9. The molecule has 1 atom stereocenters. The molecule has 4 nitrogen and oxygen atoms in total. The van der Waals surface area contributed by atoms with Crippen LogP contribution in [-0.4, -0.2) is 36.0 Å². The summed E-state index contributed by atoms with van der Waals surface area (Å²) in [6.45, 7) is 1.36. The molecule has 1 amide bonds. The van der Waals surface area contributed by atoms with E-state index in [1.54, 1.807) is 30.3 Å². The van der Waals surface area contributed by atoms with Gasteiger partial charge >= 0.3 is 6.18 Å². The molecule has 1 fully saturated rings. The number of amides is 1. The maximum absolute atomic E-state index is 13.5. The number of methoxy groups -OCH3 is 1. The van der Waals surface area contributed by atoms with Gasteiger partial charge in [-0.15, -0.1) is 0 Å². The fourth-order valence-corrected chi connectivity index (χ4v) is 4.42. The molecule has 3 aromatic rings. The van der Waals surface area contributed by atoms with Crippen molar-refractivity contribution in [3.05, 3.63) is 64.3 Å². The predicted octanol–water partition coefficient (Wildman–Crippen LogP) is 5.99. The summed E-state index contributed by atoms with van der Waals surface area (Å²) in [6, 6.07) is 9.36. The van der Waals surface area contributed by atoms with E-state index in [0.717, 1.165) is 35.4 Å². The molecule has 1 saturated heterocycles. The van der Waals surface area contributed by atoms with E-state index in [-0.39, 0.29) is 17.4 Å². The molecule has 1 aromatic heterocycles. The van der Waals surface area contributed by atoms with Crippen LogP contribution in [-0.2, 0) is 11.0 Å². The quantitative estimate of drug-likeness (QED) is 0.518. The molecule has 1 aliphatic rings. The first-order valence-corrected chi connectivity index (χ1v) is 10.4. The Balaban J connectivity index is 1.82. The van der Waals surface area contributed by atoms with E-state index in [1.165, 1.54) is 6.07 Å². The van der Waals surface area contributed by atoms with Crippen molar-refractivity contribution in [1.29, 1.82) is 0 Å². The van der Waals surface area contributed by atoms with Crippen molar-refractivity contribution in [3.63, 3.8) is 0 Å². The molecule has 0 bridgehead atoms. The Hall–Kier alpha value is -2.67. The van der Waals surface area contributed by atoms with Crippen LogP contribution in [0.3, 0.4) is 0 Å². The standard InChI is InChI=1S/C23H22ClF3N2O2/c1-31-15-5-7-21-17(11-15)18(13-28-21)16(12-22(30)29-8-2-3-9-29)14-4-6-20(24)19(10-14)23(25,26)27/h4-7,10-11,13,16,28H,2-3,8-9,12H2,1H3/t16-/m1/s1. The molecular weight excluding hydrogens is 429 g/mol. The number of halogens is 4. The Morgan fingerprint density at radius 2 is 1.94 bits per heavy atom. The maximum Gasteiger partial charge on any atom is 0.417 e. The van der Waals surface area contributed by atoms with Gasteiger partial charge < -0.3 is 14.6 Å². The van der Waals surface area contributed by atoms with Crippen molar-refractivity contribution in [3.8, 4) is 5.75 Å². The van der Waals surface area contributed by atoms with E-state index < -0.39 is 17.7 Å². The van der Waals surface area contributed by atoms with Crippen LogP contribution in [0, 0.1) is 0 Å². The minimum Gasteiger partial charge on any atom is -0.497 e. The first-order valence-electron chi connectivity index (χ1n) is 10.1. The molecule has 0 spiro atoms. The summed E-state index contributed by atoms with van der Waals surface area (Å²) in [5.74, 6) is 0.000587. The van der Waals surface area contributed by atoms with Crippen LogP contribution in [0.1, 0.15) is 41.9 Å². The second-order valence-electron chi connectivity index (χ2n) is 7.74. The van der Waals surface area contributed by atoms with E-state index in [0.29, 0.717) is 24.4 Å². The second kappa shape index (κ2) is 8.46. The lowest BCUT2D eigenvalue weighted by molar-refractivity contribution is -0.137. The Morgan fingerprint density at radius 1 is 1.19 bits per heavy atom. The fraction of sp³-hybridized carbons (Fsp3) is 0.348. The van der Waals surface area contributed by atoms with Crippen LogP contribution in [0.25, 0.3) is 10.9 Å². The molecule has 8 heteroatoms. The van der Waals surface area contributed by atoms with Crippen LogP contribution in [0.4, 0.5) is 13.2 Å². The zero-order valence-corrected chi connectivity index (χ0v) is 17.7. The summed E-state index contributed by atoms with van der Waals surface area (Å²) in [5.41, 5.74) is 1.06. The van der Waals surface area contributed by atoms with Gasteiger partial charge in [0.1, 0.15) is 5.75 Å². The molecule has 2 aromatic carbocycles. The molecular formula is C23H22ClF3N2O2. The van der Waals surface area contributed by atoms with Crippen molar-refractivity contribution < 1.29 is 22.7 Å². The average Bonchev–Trinajstić information content (AvgIpc) is 3.41. The molecule has 1 aliphatic heterocycles. The number of hydrogen-bond acceptors (Lipinski definition) is 2. The van der Waals surface area contributed by atoms with Crippen molar-refractivity contribution >= 4 is 28.4 Å². The molecule has 0 unspecified atom stereocenters. The molecule has 0 aliphatic carbocycles. The van der Waals surface area contributed by atoms with Gasteiger partial charge in [0, 0.05) is 42.5 Å². The van der Waals surface area contributed by atoms with Gasteiger partial charge in [-0.05, 0) is 54.3 Å². The number of nitrogens with zero attached hydrogens (tertiary/aromatic N) is 1. The summed E-state index contributed by atoms with van der Waals surface area (Å²) in [6.07, 6.45) is -0.864. The van der Waals surface area contributed by atoms with Crippen LogP contribution in [0.15, 0.2) is 42.6 Å². The first kappa shape index (κ1) is 21.6. The van der Waals surface area contributed by atoms with E-state index in [4.69, 9.17) is 16.3 Å². The highest BCUT2D eigenvalue weighted by Crippen LogP contribution is 2.40. The average molecular weight is 451 g/mol. The van der Waals surface area contributed by atoms with Gasteiger partial charge in [0.15, 0.2) is 0 Å². The summed E-state index contributed by atoms with van der Waals surface area (Å²) in [5, 5.41) is 0.448. The number of ether oxygens (including phenoxy) is 1. The molecule has 2 heterocycles. The highest BCUT2D eigenvalue weighted by atomic mass is 35.5. The SMILES string of the molecule is COc1ccc2[nH]cc([C@H](CC(=O)N3CCCC3)c3ccc(Cl)c(C(F)(F)F)c3)c2c1. The Labute approximate surface area is 182 Å². The molecule has 1 N–H and O–H groups in total. The number of likely N-dealkylation sites (tertiary alicyclic amines) is 1. The smallest absolute Gasteiger partial charge is 0.417 e. The molecule has 0 saturated carbocycles. The molecule has 4 rings (SSSR count). The lowest BCUT2D eigenvalue weighted by atomic mass is 9.87. The number of benzene rings is 2. The zero-order chi connectivity index (χ0) is 22.2. The number of aromatic nitrogens is 1. The summed E-state index contributed by atoms with van der Waals surface area (Å²) >= 11 is 5.84. The van der Waals surface area contributed by atoms with E-state index in [1.807, 2.05) is 12.1 Å². The molecule has 31 heavy (non-hydrogen) atoms. The Morgan fingerprint density at radius 3 is 2.61 bits per heavy atom. The van der Waals surface area contributed by atoms with E-state index in [9.17, 15) is 18.0 Å². The van der Waals surface area contributed by atoms with Crippen molar-refractivity contribution in [2.24, 2.45) is 0 Å². The largest absolute Gasteiger partial charge is 0.497 e. The lowest BCUT2D eigenvalue weighted by Crippen LogP contribution is -2.29. The number of carbonyl (C=O) groups is 1. The van der Waals surface area contributed by atoms with E-state index >= 15 is 0 Å². The van der Waals surface area contributed by atoms with Crippen molar-refractivity contribution in [2.75, 3.05) is 20.2 Å². The monoisotopic (exact) mass is 450 g/mol. The van der Waals surface area contributed by atoms with Crippen molar-refractivity contribution in [1.82, 2.24) is 9.88 Å². The molecule has 164 valence electrons. The first-order chi connectivity index (χ1) is 14.8. The number of hydrogen-bond donors (Lipinski definition) is 1. The van der Waals surface area contributed by atoms with Crippen LogP contribution >= 0.6 is 11.6 Å². The summed E-state index contributed by atoms with van der Waals surface area (Å²) in [7, 11) is 1.55.